The van der Waals surface area contributed by atoms with Crippen LogP contribution in [-0.4, -0.2) is 37.1 Å². The van der Waals surface area contributed by atoms with E-state index >= 15 is 0 Å². The third-order valence-electron chi connectivity index (χ3n) is 2.69. The number of nitrogens with zero attached hydrogens (tertiary/aromatic N) is 2. The van der Waals surface area contributed by atoms with Gasteiger partial charge in [-0.15, -0.1) is 11.3 Å². The van der Waals surface area contributed by atoms with Crippen molar-refractivity contribution in [2.24, 2.45) is 0 Å². The predicted octanol–water partition coefficient (Wildman–Crippen LogP) is 1.85. The summed E-state index contributed by atoms with van der Waals surface area (Å²) in [5, 5.41) is 4.36. The zero-order valence-corrected chi connectivity index (χ0v) is 12.1. The molecular weight excluding hydrogens is 234 g/mol. The minimum Gasteiger partial charge on any atom is -0.378 e. The third-order valence-corrected chi connectivity index (χ3v) is 3.78. The van der Waals surface area contributed by atoms with Gasteiger partial charge in [-0.2, -0.15) is 0 Å². The minimum absolute atomic E-state index is 0.603. The van der Waals surface area contributed by atoms with Crippen LogP contribution in [0.15, 0.2) is 0 Å². The van der Waals surface area contributed by atoms with Gasteiger partial charge in [0.05, 0.1) is 18.8 Å². The van der Waals surface area contributed by atoms with Crippen molar-refractivity contribution < 1.29 is 4.74 Å². The van der Waals surface area contributed by atoms with E-state index in [4.69, 9.17) is 4.74 Å². The van der Waals surface area contributed by atoms with Crippen LogP contribution < -0.4 is 5.32 Å². The molecule has 1 aromatic rings. The van der Waals surface area contributed by atoms with E-state index in [0.717, 1.165) is 31.9 Å². The largest absolute Gasteiger partial charge is 0.378 e. The van der Waals surface area contributed by atoms with Crippen molar-refractivity contribution >= 4 is 11.3 Å². The van der Waals surface area contributed by atoms with Crippen molar-refractivity contribution in [3.05, 3.63) is 15.6 Å². The standard InChI is InChI=1S/C12H23N3OS/c1-5-15(6-2)8-12-14-10(9-16-4)11(17-12)7-13-3/h13H,5-9H2,1-4H3. The first kappa shape index (κ1) is 14.6. The molecule has 0 bridgehead atoms. The third kappa shape index (κ3) is 4.35. The lowest BCUT2D eigenvalue weighted by atomic mass is 10.3. The van der Waals surface area contributed by atoms with Gasteiger partial charge in [-0.3, -0.25) is 4.90 Å². The summed E-state index contributed by atoms with van der Waals surface area (Å²) in [7, 11) is 3.67. The summed E-state index contributed by atoms with van der Waals surface area (Å²) in [6.45, 7) is 8.91. The molecule has 1 aromatic heterocycles. The molecule has 98 valence electrons. The van der Waals surface area contributed by atoms with Gasteiger partial charge in [0.1, 0.15) is 5.01 Å². The van der Waals surface area contributed by atoms with Crippen LogP contribution in [0.25, 0.3) is 0 Å². The van der Waals surface area contributed by atoms with E-state index in [0.29, 0.717) is 6.61 Å². The first-order valence-corrected chi connectivity index (χ1v) is 6.90. The molecule has 1 N–H and O–H groups in total. The highest BCUT2D eigenvalue weighted by atomic mass is 32.1. The second kappa shape index (κ2) is 7.76. The highest BCUT2D eigenvalue weighted by molar-refractivity contribution is 7.11. The Labute approximate surface area is 108 Å². The van der Waals surface area contributed by atoms with Crippen molar-refractivity contribution in [2.45, 2.75) is 33.5 Å². The van der Waals surface area contributed by atoms with Crippen LogP contribution >= 0.6 is 11.3 Å². The van der Waals surface area contributed by atoms with Crippen LogP contribution in [-0.2, 0) is 24.4 Å². The molecule has 0 unspecified atom stereocenters. The highest BCUT2D eigenvalue weighted by Gasteiger charge is 2.12. The van der Waals surface area contributed by atoms with Gasteiger partial charge in [0.15, 0.2) is 0 Å². The maximum atomic E-state index is 5.19. The maximum absolute atomic E-state index is 5.19. The lowest BCUT2D eigenvalue weighted by Gasteiger charge is -2.15. The summed E-state index contributed by atoms with van der Waals surface area (Å²) in [5.41, 5.74) is 1.08. The van der Waals surface area contributed by atoms with Gasteiger partial charge in [-0.25, -0.2) is 4.98 Å². The van der Waals surface area contributed by atoms with Gasteiger partial charge in [0.2, 0.25) is 0 Å². The molecule has 0 saturated carbocycles. The van der Waals surface area contributed by atoms with Crippen LogP contribution in [0.5, 0.6) is 0 Å². The molecule has 0 saturated heterocycles. The topological polar surface area (TPSA) is 37.4 Å². The number of hydrogen-bond acceptors (Lipinski definition) is 5. The Bertz CT molecular complexity index is 300. The first-order valence-electron chi connectivity index (χ1n) is 6.08. The van der Waals surface area contributed by atoms with Crippen LogP contribution in [0.1, 0.15) is 29.4 Å². The van der Waals surface area contributed by atoms with E-state index in [1.165, 1.54) is 9.88 Å². The van der Waals surface area contributed by atoms with E-state index in [9.17, 15) is 0 Å². The molecule has 0 amide bonds. The first-order chi connectivity index (χ1) is 8.24. The molecule has 0 aliphatic rings. The Morgan fingerprint density at radius 1 is 1.35 bits per heavy atom. The van der Waals surface area contributed by atoms with Crippen molar-refractivity contribution in [1.29, 1.82) is 0 Å². The number of rotatable bonds is 8. The van der Waals surface area contributed by atoms with E-state index in [2.05, 4.69) is 29.0 Å². The van der Waals surface area contributed by atoms with Gasteiger partial charge >= 0.3 is 0 Å². The number of aromatic nitrogens is 1. The molecule has 4 nitrogen and oxygen atoms in total. The van der Waals surface area contributed by atoms with Gasteiger partial charge in [0, 0.05) is 18.5 Å². The van der Waals surface area contributed by atoms with Crippen molar-refractivity contribution in [2.75, 3.05) is 27.2 Å². The Kier molecular flexibility index (Phi) is 6.65. The fourth-order valence-electron chi connectivity index (χ4n) is 1.69. The maximum Gasteiger partial charge on any atom is 0.107 e. The highest BCUT2D eigenvalue weighted by Crippen LogP contribution is 2.20. The predicted molar refractivity (Wildman–Crippen MR) is 72.2 cm³/mol. The van der Waals surface area contributed by atoms with Crippen LogP contribution in [0.2, 0.25) is 0 Å². The average Bonchev–Trinajstić information content (AvgIpc) is 2.69. The van der Waals surface area contributed by atoms with E-state index in [1.807, 2.05) is 7.05 Å². The van der Waals surface area contributed by atoms with Crippen LogP contribution in [0.3, 0.4) is 0 Å². The lowest BCUT2D eigenvalue weighted by Crippen LogP contribution is -2.21. The Morgan fingerprint density at radius 3 is 2.59 bits per heavy atom. The molecule has 17 heavy (non-hydrogen) atoms. The summed E-state index contributed by atoms with van der Waals surface area (Å²) in [6, 6.07) is 0. The molecule has 1 heterocycles. The van der Waals surface area contributed by atoms with Gasteiger partial charge in [-0.05, 0) is 20.1 Å². The van der Waals surface area contributed by atoms with E-state index in [-0.39, 0.29) is 0 Å². The van der Waals surface area contributed by atoms with Gasteiger partial charge in [-0.1, -0.05) is 13.8 Å². The molecule has 5 heteroatoms. The summed E-state index contributed by atoms with van der Waals surface area (Å²) in [5.74, 6) is 0. The molecular formula is C12H23N3OS. The lowest BCUT2D eigenvalue weighted by molar-refractivity contribution is 0.181. The molecule has 0 atom stereocenters. The van der Waals surface area contributed by atoms with E-state index < -0.39 is 0 Å². The second-order valence-corrected chi connectivity index (χ2v) is 5.07. The number of nitrogens with one attached hydrogen (secondary N) is 1. The summed E-state index contributed by atoms with van der Waals surface area (Å²) >= 11 is 1.79. The molecule has 0 aliphatic heterocycles. The zero-order chi connectivity index (χ0) is 12.7. The fourth-order valence-corrected chi connectivity index (χ4v) is 2.82. The SMILES string of the molecule is CCN(CC)Cc1nc(COC)c(CNC)s1. The average molecular weight is 257 g/mol. The molecule has 0 fully saturated rings. The second-order valence-electron chi connectivity index (χ2n) is 3.90. The Balaban J connectivity index is 2.75. The smallest absolute Gasteiger partial charge is 0.107 e. The summed E-state index contributed by atoms with van der Waals surface area (Å²) in [4.78, 5) is 8.33. The van der Waals surface area contributed by atoms with Crippen molar-refractivity contribution in [1.82, 2.24) is 15.2 Å². The summed E-state index contributed by atoms with van der Waals surface area (Å²) in [6.07, 6.45) is 0. The zero-order valence-electron chi connectivity index (χ0n) is 11.2. The van der Waals surface area contributed by atoms with Crippen molar-refractivity contribution in [3.8, 4) is 0 Å². The number of hydrogen-bond donors (Lipinski definition) is 1. The minimum atomic E-state index is 0.603. The Hall–Kier alpha value is -0.490. The molecule has 0 aliphatic carbocycles. The molecule has 1 rings (SSSR count). The number of ether oxygens (including phenoxy) is 1. The molecule has 0 radical (unpaired) electrons. The molecule has 0 spiro atoms. The number of thiazole rings is 1. The normalized spacial score (nSPS) is 11.4. The van der Waals surface area contributed by atoms with Gasteiger partial charge < -0.3 is 10.1 Å². The van der Waals surface area contributed by atoms with Gasteiger partial charge in [0.25, 0.3) is 0 Å². The Morgan fingerprint density at radius 2 is 2.06 bits per heavy atom. The van der Waals surface area contributed by atoms with E-state index in [1.54, 1.807) is 18.4 Å². The van der Waals surface area contributed by atoms with Crippen LogP contribution in [0.4, 0.5) is 0 Å². The number of methoxy groups -OCH3 is 1. The van der Waals surface area contributed by atoms with Crippen LogP contribution in [0, 0.1) is 0 Å². The fraction of sp³-hybridized carbons (Fsp3) is 0.750. The summed E-state index contributed by atoms with van der Waals surface area (Å²) < 4.78 is 5.19. The van der Waals surface area contributed by atoms with Crippen molar-refractivity contribution in [3.63, 3.8) is 0 Å². The quantitative estimate of drug-likeness (QED) is 0.771. The monoisotopic (exact) mass is 257 g/mol. The molecule has 0 aromatic carbocycles.